The number of hydrogen-bond acceptors (Lipinski definition) is 1. The van der Waals surface area contributed by atoms with E-state index in [0.29, 0.717) is 6.04 Å². The van der Waals surface area contributed by atoms with Crippen molar-refractivity contribution < 1.29 is 0 Å². The number of halogens is 1. The number of hydrogen-bond donors (Lipinski definition) is 1. The lowest BCUT2D eigenvalue weighted by Crippen LogP contribution is -2.51. The average Bonchev–Trinajstić information content (AvgIpc) is 2.54. The minimum atomic E-state index is 0.191. The summed E-state index contributed by atoms with van der Waals surface area (Å²) in [6, 6.07) is 0.714. The molecule has 0 unspecified atom stereocenters. The van der Waals surface area contributed by atoms with Crippen LogP contribution < -0.4 is 5.32 Å². The van der Waals surface area contributed by atoms with Crippen LogP contribution in [0.2, 0.25) is 0 Å². The summed E-state index contributed by atoms with van der Waals surface area (Å²) in [4.78, 5) is 0. The number of nitrogens with one attached hydrogen (secondary N) is 1. The Morgan fingerprint density at radius 1 is 1.07 bits per heavy atom. The van der Waals surface area contributed by atoms with E-state index < -0.39 is 0 Å². The molecule has 1 aliphatic rings. The average molecular weight is 232 g/mol. The van der Waals surface area contributed by atoms with Crippen molar-refractivity contribution in [3.8, 4) is 0 Å². The predicted molar refractivity (Wildman–Crippen MR) is 68.7 cm³/mol. The van der Waals surface area contributed by atoms with Crippen LogP contribution in [0.15, 0.2) is 0 Å². The Morgan fingerprint density at radius 2 is 1.60 bits per heavy atom. The Kier molecular flexibility index (Phi) is 5.99. The van der Waals surface area contributed by atoms with Gasteiger partial charge in [-0.15, -0.1) is 11.6 Å². The van der Waals surface area contributed by atoms with Crippen molar-refractivity contribution in [1.29, 1.82) is 0 Å². The molecule has 0 aromatic rings. The smallest absolute Gasteiger partial charge is 0.0405 e. The van der Waals surface area contributed by atoms with E-state index in [2.05, 4.69) is 19.2 Å². The second-order valence-corrected chi connectivity index (χ2v) is 5.22. The first-order chi connectivity index (χ1) is 7.26. The fourth-order valence-electron chi connectivity index (χ4n) is 2.54. The summed E-state index contributed by atoms with van der Waals surface area (Å²) in [7, 11) is 0. The largest absolute Gasteiger partial charge is 0.307 e. The van der Waals surface area contributed by atoms with Gasteiger partial charge in [-0.1, -0.05) is 39.5 Å². The van der Waals surface area contributed by atoms with Gasteiger partial charge in [-0.2, -0.15) is 0 Å². The molecular formula is C13H26ClN. The lowest BCUT2D eigenvalue weighted by atomic mass is 9.92. The van der Waals surface area contributed by atoms with Crippen LogP contribution in [0, 0.1) is 0 Å². The summed E-state index contributed by atoms with van der Waals surface area (Å²) < 4.78 is 0. The second kappa shape index (κ2) is 6.75. The van der Waals surface area contributed by atoms with E-state index in [-0.39, 0.29) is 5.54 Å². The minimum absolute atomic E-state index is 0.191. The maximum atomic E-state index is 6.12. The summed E-state index contributed by atoms with van der Waals surface area (Å²) in [5.74, 6) is 0.747. The quantitative estimate of drug-likeness (QED) is 0.555. The van der Waals surface area contributed by atoms with E-state index in [4.69, 9.17) is 11.6 Å². The molecular weight excluding hydrogens is 206 g/mol. The summed E-state index contributed by atoms with van der Waals surface area (Å²) in [6.07, 6.45) is 10.6. The van der Waals surface area contributed by atoms with Crippen molar-refractivity contribution in [1.82, 2.24) is 5.32 Å². The van der Waals surface area contributed by atoms with Crippen LogP contribution >= 0.6 is 11.6 Å². The molecule has 1 rings (SSSR count). The third kappa shape index (κ3) is 3.96. The second-order valence-electron chi connectivity index (χ2n) is 4.95. The molecule has 0 amide bonds. The molecule has 1 nitrogen and oxygen atoms in total. The lowest BCUT2D eigenvalue weighted by molar-refractivity contribution is 0.277. The topological polar surface area (TPSA) is 12.0 Å². The lowest BCUT2D eigenvalue weighted by Gasteiger charge is -2.35. The zero-order chi connectivity index (χ0) is 11.1. The van der Waals surface area contributed by atoms with Gasteiger partial charge < -0.3 is 5.32 Å². The van der Waals surface area contributed by atoms with Crippen molar-refractivity contribution >= 4 is 11.6 Å². The van der Waals surface area contributed by atoms with Crippen LogP contribution in [-0.2, 0) is 0 Å². The highest BCUT2D eigenvalue weighted by atomic mass is 35.5. The highest BCUT2D eigenvalue weighted by Crippen LogP contribution is 2.23. The maximum Gasteiger partial charge on any atom is 0.0405 e. The van der Waals surface area contributed by atoms with Gasteiger partial charge in [0.25, 0.3) is 0 Å². The van der Waals surface area contributed by atoms with E-state index in [1.54, 1.807) is 0 Å². The summed E-state index contributed by atoms with van der Waals surface area (Å²) >= 11 is 6.12. The van der Waals surface area contributed by atoms with Gasteiger partial charge in [-0.25, -0.2) is 0 Å². The SMILES string of the molecule is CCC(CC)(CCl)NC1CCCCCC1. The molecule has 1 N–H and O–H groups in total. The minimum Gasteiger partial charge on any atom is -0.307 e. The van der Waals surface area contributed by atoms with Crippen molar-refractivity contribution in [2.75, 3.05) is 5.88 Å². The standard InChI is InChI=1S/C13H26ClN/c1-3-13(4-2,11-14)15-12-9-7-5-6-8-10-12/h12,15H,3-11H2,1-2H3. The molecule has 1 saturated carbocycles. The van der Waals surface area contributed by atoms with E-state index >= 15 is 0 Å². The summed E-state index contributed by atoms with van der Waals surface area (Å²) in [5.41, 5.74) is 0.191. The zero-order valence-electron chi connectivity index (χ0n) is 10.3. The van der Waals surface area contributed by atoms with Crippen LogP contribution in [0.5, 0.6) is 0 Å². The Labute approximate surface area is 100.0 Å². The highest BCUT2D eigenvalue weighted by Gasteiger charge is 2.27. The fourth-order valence-corrected chi connectivity index (χ4v) is 2.99. The third-order valence-electron chi connectivity index (χ3n) is 3.97. The molecule has 0 atom stereocenters. The third-order valence-corrected chi connectivity index (χ3v) is 4.49. The summed E-state index contributed by atoms with van der Waals surface area (Å²) in [5, 5.41) is 3.83. The predicted octanol–water partition coefficient (Wildman–Crippen LogP) is 4.10. The fraction of sp³-hybridized carbons (Fsp3) is 1.00. The monoisotopic (exact) mass is 231 g/mol. The normalized spacial score (nSPS) is 20.2. The van der Waals surface area contributed by atoms with Crippen LogP contribution in [0.4, 0.5) is 0 Å². The van der Waals surface area contributed by atoms with Crippen molar-refractivity contribution in [2.45, 2.75) is 76.8 Å². The van der Waals surface area contributed by atoms with Crippen molar-refractivity contribution in [2.24, 2.45) is 0 Å². The van der Waals surface area contributed by atoms with E-state index in [0.717, 1.165) is 18.7 Å². The van der Waals surface area contributed by atoms with Gasteiger partial charge in [-0.05, 0) is 25.7 Å². The van der Waals surface area contributed by atoms with Crippen molar-refractivity contribution in [3.63, 3.8) is 0 Å². The van der Waals surface area contributed by atoms with Gasteiger partial charge >= 0.3 is 0 Å². The van der Waals surface area contributed by atoms with Crippen LogP contribution in [-0.4, -0.2) is 17.5 Å². The van der Waals surface area contributed by atoms with Gasteiger partial charge in [0.2, 0.25) is 0 Å². The molecule has 0 saturated heterocycles. The molecule has 0 aromatic carbocycles. The molecule has 0 aliphatic heterocycles. The van der Waals surface area contributed by atoms with Gasteiger partial charge in [0.15, 0.2) is 0 Å². The zero-order valence-corrected chi connectivity index (χ0v) is 11.1. The maximum absolute atomic E-state index is 6.12. The molecule has 15 heavy (non-hydrogen) atoms. The van der Waals surface area contributed by atoms with E-state index in [9.17, 15) is 0 Å². The molecule has 0 aromatic heterocycles. The van der Waals surface area contributed by atoms with Gasteiger partial charge in [0.05, 0.1) is 0 Å². The Morgan fingerprint density at radius 3 is 2.00 bits per heavy atom. The Balaban J connectivity index is 2.48. The molecule has 90 valence electrons. The molecule has 0 heterocycles. The number of alkyl halides is 1. The molecule has 1 fully saturated rings. The van der Waals surface area contributed by atoms with E-state index in [1.807, 2.05) is 0 Å². The first-order valence-electron chi connectivity index (χ1n) is 6.60. The first-order valence-corrected chi connectivity index (χ1v) is 7.13. The van der Waals surface area contributed by atoms with E-state index in [1.165, 1.54) is 38.5 Å². The van der Waals surface area contributed by atoms with Gasteiger partial charge in [-0.3, -0.25) is 0 Å². The van der Waals surface area contributed by atoms with Crippen LogP contribution in [0.3, 0.4) is 0 Å². The Bertz CT molecular complexity index is 150. The van der Waals surface area contributed by atoms with Crippen molar-refractivity contribution in [3.05, 3.63) is 0 Å². The van der Waals surface area contributed by atoms with Crippen LogP contribution in [0.25, 0.3) is 0 Å². The molecule has 1 aliphatic carbocycles. The summed E-state index contributed by atoms with van der Waals surface area (Å²) in [6.45, 7) is 4.49. The van der Waals surface area contributed by atoms with Gasteiger partial charge in [0.1, 0.15) is 0 Å². The Hall–Kier alpha value is 0.250. The molecule has 0 radical (unpaired) electrons. The number of rotatable bonds is 5. The highest BCUT2D eigenvalue weighted by molar-refractivity contribution is 6.18. The van der Waals surface area contributed by atoms with Gasteiger partial charge in [0, 0.05) is 17.5 Å². The molecule has 2 heteroatoms. The first kappa shape index (κ1) is 13.3. The molecule has 0 bridgehead atoms. The molecule has 0 spiro atoms. The van der Waals surface area contributed by atoms with Crippen LogP contribution in [0.1, 0.15) is 65.2 Å².